The fourth-order valence-corrected chi connectivity index (χ4v) is 1.11. The van der Waals surface area contributed by atoms with Gasteiger partial charge in [0.25, 0.3) is 0 Å². The van der Waals surface area contributed by atoms with Crippen LogP contribution < -0.4 is 5.32 Å². The van der Waals surface area contributed by atoms with Gasteiger partial charge in [-0.05, 0) is 6.07 Å². The smallest absolute Gasteiger partial charge is 0.0663 e. The van der Waals surface area contributed by atoms with E-state index >= 15 is 0 Å². The number of rotatable bonds is 7. The van der Waals surface area contributed by atoms with Crippen molar-refractivity contribution in [2.45, 2.75) is 26.4 Å². The minimum Gasteiger partial charge on any atom is -0.378 e. The molecule has 0 atom stereocenters. The van der Waals surface area contributed by atoms with Crippen LogP contribution in [0.15, 0.2) is 18.5 Å². The lowest BCUT2D eigenvalue weighted by Gasteiger charge is -2.08. The van der Waals surface area contributed by atoms with Gasteiger partial charge in [-0.25, -0.2) is 0 Å². The quantitative estimate of drug-likeness (QED) is 0.660. The lowest BCUT2D eigenvalue weighted by Crippen LogP contribution is -2.27. The summed E-state index contributed by atoms with van der Waals surface area (Å²) >= 11 is 0. The minimum absolute atomic E-state index is 0.532. The van der Waals surface area contributed by atoms with E-state index in [0.717, 1.165) is 26.3 Å². The Balaban J connectivity index is 1.90. The van der Waals surface area contributed by atoms with Crippen LogP contribution in [0.5, 0.6) is 0 Å². The average molecular weight is 197 g/mol. The van der Waals surface area contributed by atoms with Crippen LogP contribution in [0, 0.1) is 0 Å². The summed E-state index contributed by atoms with van der Waals surface area (Å²) in [7, 11) is 0. The monoisotopic (exact) mass is 197 g/mol. The maximum absolute atomic E-state index is 5.43. The van der Waals surface area contributed by atoms with Crippen molar-refractivity contribution in [1.82, 2.24) is 15.1 Å². The van der Waals surface area contributed by atoms with Crippen LogP contribution >= 0.6 is 0 Å². The predicted molar refractivity (Wildman–Crippen MR) is 56.2 cm³/mol. The first-order valence-electron chi connectivity index (χ1n) is 5.07. The molecule has 0 amide bonds. The van der Waals surface area contributed by atoms with Crippen LogP contribution in [-0.4, -0.2) is 35.6 Å². The van der Waals surface area contributed by atoms with E-state index in [0.29, 0.717) is 6.04 Å². The fraction of sp³-hybridized carbons (Fsp3) is 0.700. The molecule has 0 radical (unpaired) electrons. The molecule has 1 rings (SSSR count). The first-order chi connectivity index (χ1) is 6.79. The first-order valence-corrected chi connectivity index (χ1v) is 5.07. The molecule has 14 heavy (non-hydrogen) atoms. The van der Waals surface area contributed by atoms with E-state index in [4.69, 9.17) is 4.74 Å². The Morgan fingerprint density at radius 2 is 2.29 bits per heavy atom. The first kappa shape index (κ1) is 11.2. The number of nitrogens with one attached hydrogen (secondary N) is 1. The summed E-state index contributed by atoms with van der Waals surface area (Å²) < 4.78 is 7.30. The third-order valence-electron chi connectivity index (χ3n) is 1.82. The SMILES string of the molecule is CC(C)NCCOCCn1cccn1. The van der Waals surface area contributed by atoms with Gasteiger partial charge < -0.3 is 10.1 Å². The van der Waals surface area contributed by atoms with E-state index in [1.54, 1.807) is 6.20 Å². The topological polar surface area (TPSA) is 39.1 Å². The molecule has 0 saturated heterocycles. The standard InChI is InChI=1S/C10H19N3O/c1-10(2)11-5-8-14-9-7-13-6-3-4-12-13/h3-4,6,10-11H,5,7-9H2,1-2H3. The summed E-state index contributed by atoms with van der Waals surface area (Å²) in [5.74, 6) is 0. The highest BCUT2D eigenvalue weighted by Crippen LogP contribution is 1.85. The van der Waals surface area contributed by atoms with Gasteiger partial charge in [0.1, 0.15) is 0 Å². The number of aromatic nitrogens is 2. The van der Waals surface area contributed by atoms with Crippen molar-refractivity contribution in [2.75, 3.05) is 19.8 Å². The molecule has 0 fully saturated rings. The number of nitrogens with zero attached hydrogens (tertiary/aromatic N) is 2. The van der Waals surface area contributed by atoms with Gasteiger partial charge in [0, 0.05) is 25.0 Å². The fourth-order valence-electron chi connectivity index (χ4n) is 1.11. The van der Waals surface area contributed by atoms with E-state index in [2.05, 4.69) is 24.3 Å². The lowest BCUT2D eigenvalue weighted by molar-refractivity contribution is 0.124. The molecule has 1 N–H and O–H groups in total. The van der Waals surface area contributed by atoms with Gasteiger partial charge >= 0.3 is 0 Å². The van der Waals surface area contributed by atoms with Crippen molar-refractivity contribution in [3.63, 3.8) is 0 Å². The highest BCUT2D eigenvalue weighted by atomic mass is 16.5. The zero-order chi connectivity index (χ0) is 10.2. The number of hydrogen-bond acceptors (Lipinski definition) is 3. The molecule has 4 nitrogen and oxygen atoms in total. The number of hydrogen-bond donors (Lipinski definition) is 1. The minimum atomic E-state index is 0.532. The third kappa shape index (κ3) is 4.99. The Morgan fingerprint density at radius 1 is 1.43 bits per heavy atom. The van der Waals surface area contributed by atoms with Gasteiger partial charge in [-0.15, -0.1) is 0 Å². The molecule has 80 valence electrons. The van der Waals surface area contributed by atoms with Crippen molar-refractivity contribution in [2.24, 2.45) is 0 Å². The molecule has 1 heterocycles. The van der Waals surface area contributed by atoms with Gasteiger partial charge in [0.05, 0.1) is 19.8 Å². The molecule has 0 saturated carbocycles. The van der Waals surface area contributed by atoms with Crippen molar-refractivity contribution in [1.29, 1.82) is 0 Å². The van der Waals surface area contributed by atoms with E-state index in [1.807, 2.05) is 16.9 Å². The molecule has 0 aliphatic rings. The van der Waals surface area contributed by atoms with Crippen molar-refractivity contribution in [3.8, 4) is 0 Å². The van der Waals surface area contributed by atoms with E-state index in [-0.39, 0.29) is 0 Å². The molecule has 1 aromatic rings. The van der Waals surface area contributed by atoms with E-state index in [1.165, 1.54) is 0 Å². The molecule has 0 aromatic carbocycles. The van der Waals surface area contributed by atoms with Crippen LogP contribution in [0.4, 0.5) is 0 Å². The summed E-state index contributed by atoms with van der Waals surface area (Å²) in [4.78, 5) is 0. The summed E-state index contributed by atoms with van der Waals surface area (Å²) in [6, 6.07) is 2.45. The maximum atomic E-state index is 5.43. The Morgan fingerprint density at radius 3 is 2.93 bits per heavy atom. The summed E-state index contributed by atoms with van der Waals surface area (Å²) in [6.45, 7) is 7.49. The predicted octanol–water partition coefficient (Wildman–Crippen LogP) is 0.898. The van der Waals surface area contributed by atoms with Crippen LogP contribution in [-0.2, 0) is 11.3 Å². The van der Waals surface area contributed by atoms with Crippen molar-refractivity contribution < 1.29 is 4.74 Å². The average Bonchev–Trinajstić information content (AvgIpc) is 2.63. The van der Waals surface area contributed by atoms with Gasteiger partial charge in [0.15, 0.2) is 0 Å². The highest BCUT2D eigenvalue weighted by molar-refractivity contribution is 4.77. The van der Waals surface area contributed by atoms with Crippen LogP contribution in [0.3, 0.4) is 0 Å². The van der Waals surface area contributed by atoms with Crippen LogP contribution in [0.25, 0.3) is 0 Å². The van der Waals surface area contributed by atoms with Crippen molar-refractivity contribution >= 4 is 0 Å². The third-order valence-corrected chi connectivity index (χ3v) is 1.82. The molecule has 0 aliphatic carbocycles. The Hall–Kier alpha value is -0.870. The molecule has 0 unspecified atom stereocenters. The van der Waals surface area contributed by atoms with Crippen molar-refractivity contribution in [3.05, 3.63) is 18.5 Å². The molecule has 1 aromatic heterocycles. The van der Waals surface area contributed by atoms with Crippen LogP contribution in [0.2, 0.25) is 0 Å². The molecule has 0 spiro atoms. The van der Waals surface area contributed by atoms with E-state index in [9.17, 15) is 0 Å². The van der Waals surface area contributed by atoms with Gasteiger partial charge in [-0.1, -0.05) is 13.8 Å². The molecular weight excluding hydrogens is 178 g/mol. The zero-order valence-corrected chi connectivity index (χ0v) is 8.94. The zero-order valence-electron chi connectivity index (χ0n) is 8.94. The van der Waals surface area contributed by atoms with Crippen LogP contribution in [0.1, 0.15) is 13.8 Å². The highest BCUT2D eigenvalue weighted by Gasteiger charge is 1.93. The maximum Gasteiger partial charge on any atom is 0.0663 e. The Bertz CT molecular complexity index is 221. The van der Waals surface area contributed by atoms with Gasteiger partial charge in [-0.3, -0.25) is 4.68 Å². The van der Waals surface area contributed by atoms with Gasteiger partial charge in [0.2, 0.25) is 0 Å². The molecule has 0 aliphatic heterocycles. The molecular formula is C10H19N3O. The second-order valence-electron chi connectivity index (χ2n) is 3.49. The van der Waals surface area contributed by atoms with Gasteiger partial charge in [-0.2, -0.15) is 5.10 Å². The molecule has 4 heteroatoms. The largest absolute Gasteiger partial charge is 0.378 e. The summed E-state index contributed by atoms with van der Waals surface area (Å²) in [6.07, 6.45) is 3.72. The normalized spacial score (nSPS) is 11.1. The van der Waals surface area contributed by atoms with E-state index < -0.39 is 0 Å². The number of ether oxygens (including phenoxy) is 1. The second kappa shape index (κ2) is 6.56. The summed E-state index contributed by atoms with van der Waals surface area (Å²) in [5, 5.41) is 7.38. The lowest BCUT2D eigenvalue weighted by atomic mass is 10.4. The second-order valence-corrected chi connectivity index (χ2v) is 3.49. The molecule has 0 bridgehead atoms. The Labute approximate surface area is 85.3 Å². The summed E-state index contributed by atoms with van der Waals surface area (Å²) in [5.41, 5.74) is 0. The Kier molecular flexibility index (Phi) is 5.25.